The van der Waals surface area contributed by atoms with E-state index in [2.05, 4.69) is 26.8 Å². The van der Waals surface area contributed by atoms with Crippen LogP contribution in [0.2, 0.25) is 0 Å². The van der Waals surface area contributed by atoms with Crippen molar-refractivity contribution in [1.29, 1.82) is 0 Å². The fourth-order valence-corrected chi connectivity index (χ4v) is 2.55. The molecular weight excluding hydrogens is 310 g/mol. The van der Waals surface area contributed by atoms with E-state index in [0.29, 0.717) is 44.1 Å². The summed E-state index contributed by atoms with van der Waals surface area (Å²) >= 11 is 0. The van der Waals surface area contributed by atoms with Gasteiger partial charge in [0.15, 0.2) is 0 Å². The first kappa shape index (κ1) is 18.8. The van der Waals surface area contributed by atoms with Crippen molar-refractivity contribution < 1.29 is 14.2 Å². The number of hydrogen-bond donors (Lipinski definition) is 0. The highest BCUT2D eigenvalue weighted by Crippen LogP contribution is 2.18. The van der Waals surface area contributed by atoms with Gasteiger partial charge < -0.3 is 24.0 Å². The zero-order chi connectivity index (χ0) is 17.4. The molecule has 136 valence electrons. The lowest BCUT2D eigenvalue weighted by molar-refractivity contribution is 0.0593. The van der Waals surface area contributed by atoms with Crippen LogP contribution in [0.15, 0.2) is 0 Å². The molecule has 8 heteroatoms. The van der Waals surface area contributed by atoms with E-state index in [-0.39, 0.29) is 6.04 Å². The molecule has 8 nitrogen and oxygen atoms in total. The molecule has 0 aromatic carbocycles. The highest BCUT2D eigenvalue weighted by molar-refractivity contribution is 5.40. The van der Waals surface area contributed by atoms with Crippen LogP contribution in [0, 0.1) is 6.92 Å². The second-order valence-corrected chi connectivity index (χ2v) is 5.89. The third kappa shape index (κ3) is 5.25. The van der Waals surface area contributed by atoms with Gasteiger partial charge in [-0.25, -0.2) is 0 Å². The van der Waals surface area contributed by atoms with Crippen LogP contribution >= 0.6 is 0 Å². The van der Waals surface area contributed by atoms with Gasteiger partial charge in [0.05, 0.1) is 32.5 Å². The third-order valence-electron chi connectivity index (χ3n) is 3.83. The molecule has 0 unspecified atom stereocenters. The maximum atomic E-state index is 5.55. The van der Waals surface area contributed by atoms with Crippen LogP contribution in [-0.2, 0) is 14.2 Å². The summed E-state index contributed by atoms with van der Waals surface area (Å²) < 4.78 is 16.4. The second kappa shape index (κ2) is 9.71. The van der Waals surface area contributed by atoms with Gasteiger partial charge in [-0.2, -0.15) is 15.0 Å². The summed E-state index contributed by atoms with van der Waals surface area (Å²) in [4.78, 5) is 17.8. The summed E-state index contributed by atoms with van der Waals surface area (Å²) in [5, 5.41) is 0. The molecule has 2 rings (SSSR count). The SMILES string of the molecule is CCCOCCN(C)c1nc(C)nc(N2CCOC[C@H]2COC)n1. The summed E-state index contributed by atoms with van der Waals surface area (Å²) in [6, 6.07) is 0.122. The smallest absolute Gasteiger partial charge is 0.230 e. The largest absolute Gasteiger partial charge is 0.382 e. The summed E-state index contributed by atoms with van der Waals surface area (Å²) in [5.74, 6) is 2.06. The fourth-order valence-electron chi connectivity index (χ4n) is 2.55. The highest BCUT2D eigenvalue weighted by atomic mass is 16.5. The van der Waals surface area contributed by atoms with Gasteiger partial charge in [-0.1, -0.05) is 6.92 Å². The Morgan fingerprint density at radius 2 is 2.12 bits per heavy atom. The first-order chi connectivity index (χ1) is 11.7. The average molecular weight is 339 g/mol. The second-order valence-electron chi connectivity index (χ2n) is 5.89. The Balaban J connectivity index is 2.09. The van der Waals surface area contributed by atoms with E-state index in [4.69, 9.17) is 14.2 Å². The average Bonchev–Trinajstić information content (AvgIpc) is 2.59. The Hall–Kier alpha value is -1.51. The van der Waals surface area contributed by atoms with Crippen molar-refractivity contribution in [3.63, 3.8) is 0 Å². The van der Waals surface area contributed by atoms with Gasteiger partial charge in [-0.3, -0.25) is 0 Å². The van der Waals surface area contributed by atoms with E-state index in [1.807, 2.05) is 18.9 Å². The Morgan fingerprint density at radius 3 is 2.88 bits per heavy atom. The number of aryl methyl sites for hydroxylation is 1. The van der Waals surface area contributed by atoms with Gasteiger partial charge in [0.1, 0.15) is 5.82 Å². The number of ether oxygens (including phenoxy) is 3. The Morgan fingerprint density at radius 1 is 1.29 bits per heavy atom. The normalized spacial score (nSPS) is 18.0. The van der Waals surface area contributed by atoms with E-state index in [1.165, 1.54) is 0 Å². The molecule has 1 saturated heterocycles. The van der Waals surface area contributed by atoms with Crippen molar-refractivity contribution in [3.05, 3.63) is 5.82 Å². The lowest BCUT2D eigenvalue weighted by atomic mass is 10.2. The number of anilines is 2. The predicted molar refractivity (Wildman–Crippen MR) is 92.8 cm³/mol. The Kier molecular flexibility index (Phi) is 7.61. The molecule has 0 saturated carbocycles. The quantitative estimate of drug-likeness (QED) is 0.614. The standard InChI is InChI=1S/C16H29N5O3/c1-5-8-23-9-6-20(3)15-17-13(2)18-16(19-15)21-7-10-24-12-14(21)11-22-4/h14H,5-12H2,1-4H3/t14-/m1/s1. The van der Waals surface area contributed by atoms with E-state index in [9.17, 15) is 0 Å². The van der Waals surface area contributed by atoms with Gasteiger partial charge in [-0.05, 0) is 13.3 Å². The number of methoxy groups -OCH3 is 1. The summed E-state index contributed by atoms with van der Waals surface area (Å²) in [6.07, 6.45) is 1.02. The maximum Gasteiger partial charge on any atom is 0.230 e. The molecule has 0 spiro atoms. The van der Waals surface area contributed by atoms with E-state index in [1.54, 1.807) is 7.11 Å². The Labute approximate surface area is 144 Å². The van der Waals surface area contributed by atoms with Crippen molar-refractivity contribution in [1.82, 2.24) is 15.0 Å². The number of nitrogens with zero attached hydrogens (tertiary/aromatic N) is 5. The van der Waals surface area contributed by atoms with Crippen LogP contribution in [0.1, 0.15) is 19.2 Å². The molecule has 1 aliphatic heterocycles. The summed E-state index contributed by atoms with van der Waals surface area (Å²) in [5.41, 5.74) is 0. The van der Waals surface area contributed by atoms with Gasteiger partial charge in [-0.15, -0.1) is 0 Å². The third-order valence-corrected chi connectivity index (χ3v) is 3.83. The number of rotatable bonds is 9. The molecule has 0 radical (unpaired) electrons. The van der Waals surface area contributed by atoms with Crippen LogP contribution in [0.25, 0.3) is 0 Å². The minimum Gasteiger partial charge on any atom is -0.382 e. The monoisotopic (exact) mass is 339 g/mol. The molecule has 0 aliphatic carbocycles. The van der Waals surface area contributed by atoms with Gasteiger partial charge in [0, 0.05) is 33.9 Å². The first-order valence-corrected chi connectivity index (χ1v) is 8.50. The van der Waals surface area contributed by atoms with Gasteiger partial charge in [0.25, 0.3) is 0 Å². The van der Waals surface area contributed by atoms with E-state index >= 15 is 0 Å². The van der Waals surface area contributed by atoms with Crippen LogP contribution in [-0.4, -0.2) is 81.3 Å². The predicted octanol–water partition coefficient (Wildman–Crippen LogP) is 0.894. The van der Waals surface area contributed by atoms with Crippen molar-refractivity contribution >= 4 is 11.9 Å². The Bertz CT molecular complexity index is 501. The molecule has 0 bridgehead atoms. The van der Waals surface area contributed by atoms with Gasteiger partial charge in [0.2, 0.25) is 11.9 Å². The zero-order valence-corrected chi connectivity index (χ0v) is 15.2. The number of aromatic nitrogens is 3. The minimum absolute atomic E-state index is 0.122. The molecule has 1 aliphatic rings. The van der Waals surface area contributed by atoms with Crippen LogP contribution < -0.4 is 9.80 Å². The van der Waals surface area contributed by atoms with Crippen molar-refractivity contribution in [2.45, 2.75) is 26.3 Å². The zero-order valence-electron chi connectivity index (χ0n) is 15.2. The molecule has 1 fully saturated rings. The molecular formula is C16H29N5O3. The molecule has 24 heavy (non-hydrogen) atoms. The molecule has 1 atom stereocenters. The van der Waals surface area contributed by atoms with Crippen molar-refractivity contribution in [3.8, 4) is 0 Å². The lowest BCUT2D eigenvalue weighted by Crippen LogP contribution is -2.49. The first-order valence-electron chi connectivity index (χ1n) is 8.50. The van der Waals surface area contributed by atoms with E-state index in [0.717, 1.165) is 26.1 Å². The van der Waals surface area contributed by atoms with Crippen LogP contribution in [0.3, 0.4) is 0 Å². The minimum atomic E-state index is 0.122. The molecule has 0 amide bonds. The van der Waals surface area contributed by atoms with Crippen molar-refractivity contribution in [2.75, 3.05) is 70.1 Å². The number of morpholine rings is 1. The molecule has 0 N–H and O–H groups in total. The highest BCUT2D eigenvalue weighted by Gasteiger charge is 2.26. The maximum absolute atomic E-state index is 5.55. The lowest BCUT2D eigenvalue weighted by Gasteiger charge is -2.35. The molecule has 1 aromatic heterocycles. The molecule has 1 aromatic rings. The molecule has 2 heterocycles. The van der Waals surface area contributed by atoms with Crippen molar-refractivity contribution in [2.24, 2.45) is 0 Å². The van der Waals surface area contributed by atoms with Crippen LogP contribution in [0.5, 0.6) is 0 Å². The summed E-state index contributed by atoms with van der Waals surface area (Å²) in [6.45, 7) is 8.80. The van der Waals surface area contributed by atoms with Crippen LogP contribution in [0.4, 0.5) is 11.9 Å². The van der Waals surface area contributed by atoms with E-state index < -0.39 is 0 Å². The van der Waals surface area contributed by atoms with Gasteiger partial charge >= 0.3 is 0 Å². The summed E-state index contributed by atoms with van der Waals surface area (Å²) in [7, 11) is 3.67. The number of likely N-dealkylation sites (N-methyl/N-ethyl adjacent to an activating group) is 1. The topological polar surface area (TPSA) is 72.8 Å². The fraction of sp³-hybridized carbons (Fsp3) is 0.812. The number of hydrogen-bond acceptors (Lipinski definition) is 8.